The fourth-order valence-corrected chi connectivity index (χ4v) is 2.73. The van der Waals surface area contributed by atoms with Gasteiger partial charge in [0.1, 0.15) is 4.88 Å². The summed E-state index contributed by atoms with van der Waals surface area (Å²) >= 11 is 1.10. The predicted molar refractivity (Wildman–Crippen MR) is 70.8 cm³/mol. The summed E-state index contributed by atoms with van der Waals surface area (Å²) in [6.45, 7) is 0. The summed E-state index contributed by atoms with van der Waals surface area (Å²) in [6, 6.07) is 2.79. The molecule has 0 fully saturated rings. The van der Waals surface area contributed by atoms with E-state index in [2.05, 4.69) is 4.74 Å². The Labute approximate surface area is 111 Å². The molecule has 0 radical (unpaired) electrons. The Bertz CT molecular complexity index is 679. The van der Waals surface area contributed by atoms with Crippen molar-refractivity contribution in [2.75, 3.05) is 20.0 Å². The number of nitro groups is 1. The molecule has 0 bridgehead atoms. The van der Waals surface area contributed by atoms with Gasteiger partial charge >= 0.3 is 11.7 Å². The van der Waals surface area contributed by atoms with Gasteiger partial charge < -0.3 is 15.2 Å². The van der Waals surface area contributed by atoms with E-state index in [9.17, 15) is 14.9 Å². The van der Waals surface area contributed by atoms with Gasteiger partial charge in [-0.05, 0) is 0 Å². The molecule has 0 aliphatic carbocycles. The van der Waals surface area contributed by atoms with Crippen LogP contribution in [0.15, 0.2) is 12.1 Å². The lowest BCUT2D eigenvalue weighted by atomic mass is 10.2. The molecule has 7 nitrogen and oxygen atoms in total. The second kappa shape index (κ2) is 4.73. The zero-order valence-electron chi connectivity index (χ0n) is 10.1. The first-order valence-electron chi connectivity index (χ1n) is 5.12. The topological polar surface area (TPSA) is 105 Å². The number of benzene rings is 1. The first kappa shape index (κ1) is 13.1. The van der Waals surface area contributed by atoms with Gasteiger partial charge in [-0.2, -0.15) is 0 Å². The molecule has 2 aromatic rings. The highest BCUT2D eigenvalue weighted by atomic mass is 32.1. The number of carbonyl (C=O) groups is 1. The van der Waals surface area contributed by atoms with E-state index in [-0.39, 0.29) is 22.0 Å². The van der Waals surface area contributed by atoms with Crippen molar-refractivity contribution in [3.05, 3.63) is 27.1 Å². The van der Waals surface area contributed by atoms with Gasteiger partial charge in [-0.1, -0.05) is 0 Å². The first-order valence-corrected chi connectivity index (χ1v) is 5.94. The molecule has 1 aromatic carbocycles. The van der Waals surface area contributed by atoms with E-state index in [4.69, 9.17) is 10.5 Å². The number of hydrogen-bond acceptors (Lipinski definition) is 7. The number of methoxy groups -OCH3 is 2. The number of carbonyl (C=O) groups excluding carboxylic acids is 1. The molecule has 2 N–H and O–H groups in total. The summed E-state index contributed by atoms with van der Waals surface area (Å²) in [7, 11) is 2.58. The van der Waals surface area contributed by atoms with E-state index < -0.39 is 10.9 Å². The van der Waals surface area contributed by atoms with Crippen molar-refractivity contribution in [3.8, 4) is 5.75 Å². The number of nitrogen functional groups attached to an aromatic ring is 1. The highest BCUT2D eigenvalue weighted by Gasteiger charge is 2.22. The molecule has 1 heterocycles. The van der Waals surface area contributed by atoms with Gasteiger partial charge in [-0.25, -0.2) is 4.79 Å². The van der Waals surface area contributed by atoms with Gasteiger partial charge in [-0.15, -0.1) is 11.3 Å². The van der Waals surface area contributed by atoms with E-state index in [1.54, 1.807) is 0 Å². The monoisotopic (exact) mass is 282 g/mol. The van der Waals surface area contributed by atoms with Gasteiger partial charge in [0, 0.05) is 22.2 Å². The molecule has 0 unspecified atom stereocenters. The molecule has 19 heavy (non-hydrogen) atoms. The zero-order valence-corrected chi connectivity index (χ0v) is 10.9. The van der Waals surface area contributed by atoms with E-state index in [1.807, 2.05) is 0 Å². The zero-order chi connectivity index (χ0) is 14.2. The minimum Gasteiger partial charge on any atom is -0.490 e. The summed E-state index contributed by atoms with van der Waals surface area (Å²) in [5.74, 6) is -0.449. The Morgan fingerprint density at radius 1 is 1.42 bits per heavy atom. The number of ether oxygens (including phenoxy) is 2. The van der Waals surface area contributed by atoms with Gasteiger partial charge in [0.15, 0.2) is 5.75 Å². The molecule has 2 rings (SSSR count). The maximum atomic E-state index is 11.5. The molecule has 1 aromatic heterocycles. The van der Waals surface area contributed by atoms with Gasteiger partial charge in [0.05, 0.1) is 24.8 Å². The van der Waals surface area contributed by atoms with Crippen LogP contribution < -0.4 is 10.5 Å². The van der Waals surface area contributed by atoms with Crippen LogP contribution in [0.2, 0.25) is 0 Å². The molecule has 8 heteroatoms. The minimum absolute atomic E-state index is 0.121. The van der Waals surface area contributed by atoms with Crippen LogP contribution in [0.4, 0.5) is 11.4 Å². The van der Waals surface area contributed by atoms with Crippen LogP contribution >= 0.6 is 11.3 Å². The Morgan fingerprint density at radius 3 is 2.63 bits per heavy atom. The fraction of sp³-hybridized carbons (Fsp3) is 0.182. The Hall–Kier alpha value is -2.35. The highest BCUT2D eigenvalue weighted by Crippen LogP contribution is 2.40. The van der Waals surface area contributed by atoms with Crippen molar-refractivity contribution in [1.29, 1.82) is 0 Å². The van der Waals surface area contributed by atoms with Crippen molar-refractivity contribution in [2.24, 2.45) is 0 Å². The number of esters is 1. The van der Waals surface area contributed by atoms with Crippen LogP contribution in [0.5, 0.6) is 5.75 Å². The molecule has 0 saturated heterocycles. The van der Waals surface area contributed by atoms with Crippen molar-refractivity contribution in [2.45, 2.75) is 0 Å². The summed E-state index contributed by atoms with van der Waals surface area (Å²) in [5.41, 5.74) is 5.80. The molecule has 0 saturated carbocycles. The van der Waals surface area contributed by atoms with E-state index in [1.165, 1.54) is 26.4 Å². The smallest absolute Gasteiger partial charge is 0.350 e. The highest BCUT2D eigenvalue weighted by molar-refractivity contribution is 7.21. The second-order valence-corrected chi connectivity index (χ2v) is 4.67. The summed E-state index contributed by atoms with van der Waals surface area (Å²) < 4.78 is 10.2. The van der Waals surface area contributed by atoms with Crippen molar-refractivity contribution in [1.82, 2.24) is 0 Å². The molecular formula is C11H10N2O5S. The molecule has 0 spiro atoms. The Kier molecular flexibility index (Phi) is 3.26. The number of anilines is 1. The fourth-order valence-electron chi connectivity index (χ4n) is 1.68. The number of hydrogen-bond donors (Lipinski definition) is 1. The third kappa shape index (κ3) is 2.06. The average molecular weight is 282 g/mol. The lowest BCUT2D eigenvalue weighted by molar-refractivity contribution is -0.385. The van der Waals surface area contributed by atoms with Crippen LogP contribution in [0, 0.1) is 10.1 Å². The first-order chi connectivity index (χ1) is 8.99. The molecular weight excluding hydrogens is 272 g/mol. The third-order valence-corrected chi connectivity index (χ3v) is 3.74. The normalized spacial score (nSPS) is 10.4. The lowest BCUT2D eigenvalue weighted by Crippen LogP contribution is -2.01. The van der Waals surface area contributed by atoms with E-state index >= 15 is 0 Å². The maximum Gasteiger partial charge on any atom is 0.350 e. The van der Waals surface area contributed by atoms with Crippen LogP contribution in [0.25, 0.3) is 10.1 Å². The minimum atomic E-state index is -0.569. The standard InChI is InChI=1S/C11H10N2O5S/c1-17-7-4-8-5(3-6(7)13(15)16)9(12)10(19-8)11(14)18-2/h3-4H,12H2,1-2H3. The van der Waals surface area contributed by atoms with E-state index in [0.29, 0.717) is 10.1 Å². The van der Waals surface area contributed by atoms with Gasteiger partial charge in [-0.3, -0.25) is 10.1 Å². The number of thiophene rings is 1. The Balaban J connectivity index is 2.74. The Morgan fingerprint density at radius 2 is 2.11 bits per heavy atom. The van der Waals surface area contributed by atoms with Crippen LogP contribution in [-0.4, -0.2) is 25.1 Å². The third-order valence-electron chi connectivity index (χ3n) is 2.60. The number of rotatable bonds is 3. The average Bonchev–Trinajstić information content (AvgIpc) is 2.73. The number of fused-ring (bicyclic) bond motifs is 1. The predicted octanol–water partition coefficient (Wildman–Crippen LogP) is 2.19. The molecule has 0 atom stereocenters. The molecule has 0 amide bonds. The quantitative estimate of drug-likeness (QED) is 0.525. The number of nitrogens with two attached hydrogens (primary N) is 1. The summed E-state index contributed by atoms with van der Waals surface area (Å²) in [6.07, 6.45) is 0. The molecule has 0 aliphatic heterocycles. The molecule has 100 valence electrons. The van der Waals surface area contributed by atoms with Crippen LogP contribution in [0.3, 0.4) is 0 Å². The summed E-state index contributed by atoms with van der Waals surface area (Å²) in [4.78, 5) is 22.1. The van der Waals surface area contributed by atoms with Crippen LogP contribution in [-0.2, 0) is 4.74 Å². The maximum absolute atomic E-state index is 11.5. The van der Waals surface area contributed by atoms with Gasteiger partial charge in [0.25, 0.3) is 0 Å². The van der Waals surface area contributed by atoms with Crippen molar-refractivity contribution < 1.29 is 19.2 Å². The molecule has 0 aliphatic rings. The SMILES string of the molecule is COC(=O)c1sc2cc(OC)c([N+](=O)[O-])cc2c1N. The van der Waals surface area contributed by atoms with E-state index in [0.717, 1.165) is 11.3 Å². The lowest BCUT2D eigenvalue weighted by Gasteiger charge is -2.01. The summed E-state index contributed by atoms with van der Waals surface area (Å²) in [5, 5.41) is 11.4. The second-order valence-electron chi connectivity index (χ2n) is 3.61. The number of nitrogens with zero attached hydrogens (tertiary/aromatic N) is 1. The van der Waals surface area contributed by atoms with Crippen molar-refractivity contribution in [3.63, 3.8) is 0 Å². The van der Waals surface area contributed by atoms with Crippen LogP contribution in [0.1, 0.15) is 9.67 Å². The largest absolute Gasteiger partial charge is 0.490 e. The van der Waals surface area contributed by atoms with Crippen molar-refractivity contribution >= 4 is 38.8 Å². The van der Waals surface area contributed by atoms with Gasteiger partial charge in [0.2, 0.25) is 0 Å². The number of nitro benzene ring substituents is 1.